The average molecular weight is 567 g/mol. The Bertz CT molecular complexity index is 1540. The first-order valence-corrected chi connectivity index (χ1v) is 14.4. The first kappa shape index (κ1) is 26.7. The second kappa shape index (κ2) is 11.1. The summed E-state index contributed by atoms with van der Waals surface area (Å²) in [6.45, 7) is 0.322. The third-order valence-corrected chi connectivity index (χ3v) is 9.03. The zero-order valence-electron chi connectivity index (χ0n) is 21.2. The number of para-hydroxylation sites is 1. The number of thioether (sulfide) groups is 1. The Hall–Kier alpha value is -3.87. The van der Waals surface area contributed by atoms with E-state index in [0.29, 0.717) is 28.0 Å². The molecule has 2 amide bonds. The predicted molar refractivity (Wildman–Crippen MR) is 149 cm³/mol. The molecule has 3 aromatic carbocycles. The van der Waals surface area contributed by atoms with Gasteiger partial charge in [-0.25, -0.2) is 17.7 Å². The molecule has 0 saturated carbocycles. The molecule has 1 unspecified atom stereocenters. The Balaban J connectivity index is 1.43. The molecule has 1 N–H and O–H groups in total. The van der Waals surface area contributed by atoms with Crippen molar-refractivity contribution in [3.05, 3.63) is 78.4 Å². The summed E-state index contributed by atoms with van der Waals surface area (Å²) in [7, 11) is -0.758. The normalized spacial score (nSPS) is 17.7. The molecule has 1 atom stereocenters. The highest BCUT2D eigenvalue weighted by atomic mass is 32.2. The Morgan fingerprint density at radius 2 is 1.82 bits per heavy atom. The number of amidine groups is 1. The smallest absolute Gasteiger partial charge is 0.242 e. The van der Waals surface area contributed by atoms with Crippen LogP contribution >= 0.6 is 11.8 Å². The van der Waals surface area contributed by atoms with Crippen molar-refractivity contribution in [2.24, 2.45) is 4.99 Å². The molecule has 39 heavy (non-hydrogen) atoms. The van der Waals surface area contributed by atoms with Crippen LogP contribution in [0.2, 0.25) is 0 Å². The quantitative estimate of drug-likeness (QED) is 0.440. The van der Waals surface area contributed by atoms with E-state index in [9.17, 15) is 18.0 Å². The molecule has 3 aromatic rings. The minimum Gasteiger partial charge on any atom is -0.454 e. The number of amides is 2. The Labute approximate surface area is 230 Å². The highest BCUT2D eigenvalue weighted by Crippen LogP contribution is 2.36. The molecule has 0 aromatic heterocycles. The fourth-order valence-electron chi connectivity index (χ4n) is 4.03. The van der Waals surface area contributed by atoms with E-state index in [1.165, 1.54) is 42.9 Å². The van der Waals surface area contributed by atoms with Crippen molar-refractivity contribution in [2.75, 3.05) is 26.2 Å². The van der Waals surface area contributed by atoms with E-state index in [4.69, 9.17) is 9.47 Å². The van der Waals surface area contributed by atoms with Crippen molar-refractivity contribution in [2.45, 2.75) is 23.1 Å². The van der Waals surface area contributed by atoms with Crippen LogP contribution in [0.3, 0.4) is 0 Å². The molecule has 0 bridgehead atoms. The van der Waals surface area contributed by atoms with E-state index in [1.54, 1.807) is 36.4 Å². The number of fused-ring (bicyclic) bond motifs is 1. The van der Waals surface area contributed by atoms with Crippen LogP contribution in [0.1, 0.15) is 12.0 Å². The van der Waals surface area contributed by atoms with Crippen molar-refractivity contribution in [1.29, 1.82) is 0 Å². The van der Waals surface area contributed by atoms with Gasteiger partial charge in [0, 0.05) is 26.2 Å². The number of aliphatic imine (C=N–C) groups is 1. The Morgan fingerprint density at radius 1 is 1.05 bits per heavy atom. The summed E-state index contributed by atoms with van der Waals surface area (Å²) in [5, 5.41) is 2.49. The van der Waals surface area contributed by atoms with E-state index in [2.05, 4.69) is 10.3 Å². The molecule has 2 aliphatic rings. The van der Waals surface area contributed by atoms with Gasteiger partial charge in [-0.05, 0) is 48.0 Å². The van der Waals surface area contributed by atoms with Crippen LogP contribution in [0.15, 0.2) is 82.7 Å². The van der Waals surface area contributed by atoms with E-state index in [1.807, 2.05) is 24.3 Å². The van der Waals surface area contributed by atoms with Crippen molar-refractivity contribution >= 4 is 50.1 Å². The number of anilines is 1. The Kier molecular flexibility index (Phi) is 7.60. The number of nitrogens with one attached hydrogen (secondary N) is 1. The number of rotatable bonds is 8. The van der Waals surface area contributed by atoms with E-state index < -0.39 is 15.3 Å². The predicted octanol–water partition coefficient (Wildman–Crippen LogP) is 3.83. The van der Waals surface area contributed by atoms with Crippen LogP contribution in [-0.2, 0) is 26.2 Å². The van der Waals surface area contributed by atoms with Gasteiger partial charge in [0.2, 0.25) is 28.6 Å². The van der Waals surface area contributed by atoms with Gasteiger partial charge in [0.1, 0.15) is 5.25 Å². The third-order valence-electron chi connectivity index (χ3n) is 6.05. The van der Waals surface area contributed by atoms with E-state index >= 15 is 0 Å². The lowest BCUT2D eigenvalue weighted by Gasteiger charge is -2.17. The summed E-state index contributed by atoms with van der Waals surface area (Å²) in [5.74, 6) is 0.655. The van der Waals surface area contributed by atoms with Gasteiger partial charge in [-0.3, -0.25) is 14.5 Å². The SMILES string of the molecule is CN(C)S(=O)(=O)c1cccc(N=C2SC(CC(=O)Nc3ccccc3)C(=O)N2Cc2ccc3c(c2)OCO3)c1. The van der Waals surface area contributed by atoms with E-state index in [0.717, 1.165) is 9.87 Å². The fourth-order valence-corrected chi connectivity index (χ4v) is 6.13. The van der Waals surface area contributed by atoms with Crippen LogP contribution in [0.25, 0.3) is 0 Å². The summed E-state index contributed by atoms with van der Waals surface area (Å²) in [5.41, 5.74) is 1.81. The number of sulfonamides is 1. The minimum atomic E-state index is -3.67. The van der Waals surface area contributed by atoms with Crippen molar-refractivity contribution in [1.82, 2.24) is 9.21 Å². The average Bonchev–Trinajstić information content (AvgIpc) is 3.49. The lowest BCUT2D eigenvalue weighted by atomic mass is 10.1. The van der Waals surface area contributed by atoms with Gasteiger partial charge in [-0.1, -0.05) is 42.1 Å². The molecule has 5 rings (SSSR count). The van der Waals surface area contributed by atoms with Gasteiger partial charge in [0.15, 0.2) is 16.7 Å². The standard InChI is InChI=1S/C27H26N4O6S2/c1-30(2)39(34,35)21-10-6-9-20(14-21)29-27-31(16-18-11-12-22-23(13-18)37-17-36-22)26(33)24(38-27)15-25(32)28-19-7-4-3-5-8-19/h3-14,24H,15-17H2,1-2H3,(H,28,32). The van der Waals surface area contributed by atoms with Crippen LogP contribution in [0.5, 0.6) is 11.5 Å². The number of carbonyl (C=O) groups is 2. The van der Waals surface area contributed by atoms with Gasteiger partial charge in [-0.15, -0.1) is 0 Å². The minimum absolute atomic E-state index is 0.0515. The van der Waals surface area contributed by atoms with Gasteiger partial charge >= 0.3 is 0 Å². The molecular weight excluding hydrogens is 540 g/mol. The lowest BCUT2D eigenvalue weighted by molar-refractivity contribution is -0.128. The highest BCUT2D eigenvalue weighted by Gasteiger charge is 2.39. The van der Waals surface area contributed by atoms with Crippen LogP contribution in [-0.4, -0.2) is 60.7 Å². The number of ether oxygens (including phenoxy) is 2. The van der Waals surface area contributed by atoms with E-state index in [-0.39, 0.29) is 36.5 Å². The third kappa shape index (κ3) is 5.92. The van der Waals surface area contributed by atoms with Crippen molar-refractivity contribution < 1.29 is 27.5 Å². The van der Waals surface area contributed by atoms with Crippen LogP contribution < -0.4 is 14.8 Å². The van der Waals surface area contributed by atoms with Crippen molar-refractivity contribution in [3.63, 3.8) is 0 Å². The molecule has 2 aliphatic heterocycles. The zero-order chi connectivity index (χ0) is 27.6. The summed E-state index contributed by atoms with van der Waals surface area (Å²) >= 11 is 1.17. The molecule has 1 saturated heterocycles. The number of carbonyl (C=O) groups excluding carboxylic acids is 2. The molecule has 1 fully saturated rings. The van der Waals surface area contributed by atoms with Crippen LogP contribution in [0.4, 0.5) is 11.4 Å². The summed E-state index contributed by atoms with van der Waals surface area (Å²) in [6, 6.07) is 20.7. The van der Waals surface area contributed by atoms with Gasteiger partial charge in [0.25, 0.3) is 0 Å². The molecule has 2 heterocycles. The summed E-state index contributed by atoms with van der Waals surface area (Å²) in [4.78, 5) is 32.5. The van der Waals surface area contributed by atoms with Crippen molar-refractivity contribution in [3.8, 4) is 11.5 Å². The maximum atomic E-state index is 13.5. The Morgan fingerprint density at radius 3 is 2.59 bits per heavy atom. The van der Waals surface area contributed by atoms with Gasteiger partial charge in [0.05, 0.1) is 17.1 Å². The molecule has 12 heteroatoms. The number of hydrogen-bond acceptors (Lipinski definition) is 8. The number of hydrogen-bond donors (Lipinski definition) is 1. The summed E-state index contributed by atoms with van der Waals surface area (Å²) < 4.78 is 37.3. The lowest BCUT2D eigenvalue weighted by Crippen LogP contribution is -2.33. The fraction of sp³-hybridized carbons (Fsp3) is 0.222. The topological polar surface area (TPSA) is 118 Å². The maximum absolute atomic E-state index is 13.5. The first-order chi connectivity index (χ1) is 18.7. The van der Waals surface area contributed by atoms with Gasteiger partial charge < -0.3 is 14.8 Å². The largest absolute Gasteiger partial charge is 0.454 e. The molecule has 10 nitrogen and oxygen atoms in total. The first-order valence-electron chi connectivity index (χ1n) is 12.0. The summed E-state index contributed by atoms with van der Waals surface area (Å²) in [6.07, 6.45) is -0.0515. The zero-order valence-corrected chi connectivity index (χ0v) is 22.9. The van der Waals surface area contributed by atoms with Gasteiger partial charge in [-0.2, -0.15) is 0 Å². The molecular formula is C27H26N4O6S2. The molecule has 0 aliphatic carbocycles. The van der Waals surface area contributed by atoms with Crippen LogP contribution in [0, 0.1) is 0 Å². The maximum Gasteiger partial charge on any atom is 0.242 e. The number of nitrogens with zero attached hydrogens (tertiary/aromatic N) is 3. The molecule has 0 radical (unpaired) electrons. The second-order valence-electron chi connectivity index (χ2n) is 9.02. The highest BCUT2D eigenvalue weighted by molar-refractivity contribution is 8.15. The molecule has 202 valence electrons. The second-order valence-corrected chi connectivity index (χ2v) is 12.3. The number of benzene rings is 3. The monoisotopic (exact) mass is 566 g/mol. The molecule has 0 spiro atoms.